The molecule has 2 aromatic carbocycles. The monoisotopic (exact) mass is 405 g/mol. The number of amides is 2. The van der Waals surface area contributed by atoms with Gasteiger partial charge in [0.1, 0.15) is 6.54 Å². The first-order valence-corrected chi connectivity index (χ1v) is 10.1. The van der Waals surface area contributed by atoms with E-state index in [0.717, 1.165) is 22.0 Å². The number of carbonyl (C=O) groups excluding carboxylic acids is 2. The summed E-state index contributed by atoms with van der Waals surface area (Å²) < 4.78 is 4.89. The molecule has 0 aliphatic rings. The summed E-state index contributed by atoms with van der Waals surface area (Å²) in [4.78, 5) is 29.2. The highest BCUT2D eigenvalue weighted by Crippen LogP contribution is 2.18. The van der Waals surface area contributed by atoms with Gasteiger partial charge in [0.25, 0.3) is 0 Å². The summed E-state index contributed by atoms with van der Waals surface area (Å²) in [6, 6.07) is 17.7. The van der Waals surface area contributed by atoms with Crippen LogP contribution >= 0.6 is 0 Å². The van der Waals surface area contributed by atoms with Crippen LogP contribution in [0.25, 0.3) is 17.0 Å². The van der Waals surface area contributed by atoms with Gasteiger partial charge in [-0.25, -0.2) is 4.79 Å². The van der Waals surface area contributed by atoms with Crippen molar-refractivity contribution in [3.05, 3.63) is 78.0 Å². The summed E-state index contributed by atoms with van der Waals surface area (Å²) in [7, 11) is 0. The fourth-order valence-corrected chi connectivity index (χ4v) is 3.22. The van der Waals surface area contributed by atoms with Gasteiger partial charge in [-0.15, -0.1) is 0 Å². The van der Waals surface area contributed by atoms with Gasteiger partial charge in [-0.05, 0) is 30.5 Å². The molecule has 0 bridgehead atoms. The number of ether oxygens (including phenoxy) is 1. The van der Waals surface area contributed by atoms with Crippen molar-refractivity contribution in [1.82, 2.24) is 15.2 Å². The highest BCUT2D eigenvalue weighted by atomic mass is 16.5. The van der Waals surface area contributed by atoms with Gasteiger partial charge in [0.2, 0.25) is 0 Å². The minimum Gasteiger partial charge on any atom is -0.465 e. The average molecular weight is 405 g/mol. The Morgan fingerprint density at radius 1 is 1.10 bits per heavy atom. The Morgan fingerprint density at radius 2 is 1.87 bits per heavy atom. The number of urea groups is 1. The first-order valence-electron chi connectivity index (χ1n) is 10.1. The molecule has 1 aromatic heterocycles. The van der Waals surface area contributed by atoms with Crippen molar-refractivity contribution >= 4 is 29.0 Å². The van der Waals surface area contributed by atoms with Crippen molar-refractivity contribution in [2.75, 3.05) is 26.2 Å². The van der Waals surface area contributed by atoms with Crippen LogP contribution in [0.3, 0.4) is 0 Å². The maximum atomic E-state index is 12.7. The van der Waals surface area contributed by atoms with Crippen LogP contribution in [0.15, 0.2) is 66.9 Å². The lowest BCUT2D eigenvalue weighted by atomic mass is 10.1. The molecule has 156 valence electrons. The molecule has 0 fully saturated rings. The van der Waals surface area contributed by atoms with Gasteiger partial charge in [-0.1, -0.05) is 60.7 Å². The Morgan fingerprint density at radius 3 is 2.67 bits per heavy atom. The number of esters is 1. The van der Waals surface area contributed by atoms with Crippen molar-refractivity contribution in [3.63, 3.8) is 0 Å². The van der Waals surface area contributed by atoms with Crippen LogP contribution in [-0.4, -0.2) is 48.1 Å². The molecule has 0 radical (unpaired) electrons. The van der Waals surface area contributed by atoms with Gasteiger partial charge >= 0.3 is 12.0 Å². The molecule has 2 N–H and O–H groups in total. The normalized spacial score (nSPS) is 11.0. The molecule has 6 heteroatoms. The number of hydrogen-bond donors (Lipinski definition) is 2. The van der Waals surface area contributed by atoms with Crippen LogP contribution in [-0.2, 0) is 16.0 Å². The Bertz CT molecular complexity index is 995. The zero-order valence-electron chi connectivity index (χ0n) is 17.1. The molecular weight excluding hydrogens is 378 g/mol. The zero-order valence-corrected chi connectivity index (χ0v) is 17.1. The molecule has 2 amide bonds. The smallest absolute Gasteiger partial charge is 0.325 e. The minimum absolute atomic E-state index is 0.140. The maximum absolute atomic E-state index is 12.7. The maximum Gasteiger partial charge on any atom is 0.325 e. The summed E-state index contributed by atoms with van der Waals surface area (Å²) in [5.41, 5.74) is 3.30. The molecule has 30 heavy (non-hydrogen) atoms. The summed E-state index contributed by atoms with van der Waals surface area (Å²) in [6.45, 7) is 2.85. The van der Waals surface area contributed by atoms with Gasteiger partial charge < -0.3 is 19.9 Å². The summed E-state index contributed by atoms with van der Waals surface area (Å²) >= 11 is 0. The van der Waals surface area contributed by atoms with Gasteiger partial charge in [0.05, 0.1) is 6.61 Å². The molecule has 0 aliphatic carbocycles. The third-order valence-electron chi connectivity index (χ3n) is 4.74. The molecule has 3 aromatic rings. The standard InChI is InChI=1S/C24H27N3O3/c1-2-30-23(28)18-26-24(29)27(15-8-11-19-9-4-3-5-10-19)16-14-20-17-25-22-13-7-6-12-21(20)22/h3-13,17,25H,2,14-16,18H2,1H3,(H,26,29)/b11-8+. The predicted molar refractivity (Wildman–Crippen MR) is 119 cm³/mol. The molecule has 0 saturated carbocycles. The molecule has 0 saturated heterocycles. The van der Waals surface area contributed by atoms with Crippen molar-refractivity contribution in [3.8, 4) is 0 Å². The number of benzene rings is 2. The second-order valence-electron chi connectivity index (χ2n) is 6.83. The van der Waals surface area contributed by atoms with Crippen LogP contribution in [0.2, 0.25) is 0 Å². The highest BCUT2D eigenvalue weighted by molar-refractivity contribution is 5.83. The lowest BCUT2D eigenvalue weighted by molar-refractivity contribution is -0.141. The summed E-state index contributed by atoms with van der Waals surface area (Å²) in [5, 5.41) is 3.81. The number of H-pyrrole nitrogens is 1. The number of nitrogens with zero attached hydrogens (tertiary/aromatic N) is 1. The second-order valence-corrected chi connectivity index (χ2v) is 6.83. The predicted octanol–water partition coefficient (Wildman–Crippen LogP) is 4.00. The molecule has 0 unspecified atom stereocenters. The van der Waals surface area contributed by atoms with Crippen LogP contribution in [0.5, 0.6) is 0 Å². The molecular formula is C24H27N3O3. The molecule has 6 nitrogen and oxygen atoms in total. The van der Waals surface area contributed by atoms with E-state index in [0.29, 0.717) is 26.1 Å². The van der Waals surface area contributed by atoms with E-state index in [1.165, 1.54) is 0 Å². The number of para-hydroxylation sites is 1. The number of carbonyl (C=O) groups is 2. The SMILES string of the molecule is CCOC(=O)CNC(=O)N(C/C=C/c1ccccc1)CCc1c[nH]c2ccccc12. The third kappa shape index (κ3) is 5.98. The van der Waals surface area contributed by atoms with E-state index in [1.807, 2.05) is 66.9 Å². The lowest BCUT2D eigenvalue weighted by Crippen LogP contribution is -2.43. The van der Waals surface area contributed by atoms with Crippen LogP contribution in [0, 0.1) is 0 Å². The van der Waals surface area contributed by atoms with E-state index in [1.54, 1.807) is 11.8 Å². The van der Waals surface area contributed by atoms with E-state index in [2.05, 4.69) is 16.4 Å². The van der Waals surface area contributed by atoms with Crippen molar-refractivity contribution < 1.29 is 14.3 Å². The first-order chi connectivity index (χ1) is 14.7. The fraction of sp³-hybridized carbons (Fsp3) is 0.250. The van der Waals surface area contributed by atoms with E-state index in [-0.39, 0.29) is 12.6 Å². The number of fused-ring (bicyclic) bond motifs is 1. The topological polar surface area (TPSA) is 74.4 Å². The molecule has 0 atom stereocenters. The number of hydrogen-bond acceptors (Lipinski definition) is 3. The van der Waals surface area contributed by atoms with E-state index >= 15 is 0 Å². The fourth-order valence-electron chi connectivity index (χ4n) is 3.22. The van der Waals surface area contributed by atoms with Crippen molar-refractivity contribution in [2.24, 2.45) is 0 Å². The van der Waals surface area contributed by atoms with Gasteiger partial charge in [0.15, 0.2) is 0 Å². The number of rotatable bonds is 9. The number of aromatic amines is 1. The van der Waals surface area contributed by atoms with Gasteiger partial charge in [0, 0.05) is 30.2 Å². The van der Waals surface area contributed by atoms with Gasteiger partial charge in [-0.3, -0.25) is 4.79 Å². The zero-order chi connectivity index (χ0) is 21.2. The Kier molecular flexibility index (Phi) is 7.66. The Balaban J connectivity index is 1.65. The Labute approximate surface area is 176 Å². The molecule has 1 heterocycles. The molecule has 0 aliphatic heterocycles. The minimum atomic E-state index is -0.442. The summed E-state index contributed by atoms with van der Waals surface area (Å²) in [6.07, 6.45) is 6.63. The van der Waals surface area contributed by atoms with Crippen LogP contribution < -0.4 is 5.32 Å². The van der Waals surface area contributed by atoms with Crippen LogP contribution in [0.1, 0.15) is 18.1 Å². The number of aromatic nitrogens is 1. The second kappa shape index (κ2) is 10.9. The highest BCUT2D eigenvalue weighted by Gasteiger charge is 2.14. The summed E-state index contributed by atoms with van der Waals surface area (Å²) in [5.74, 6) is -0.442. The quantitative estimate of drug-likeness (QED) is 0.529. The van der Waals surface area contributed by atoms with Crippen LogP contribution in [0.4, 0.5) is 4.79 Å². The van der Waals surface area contributed by atoms with E-state index in [4.69, 9.17) is 4.74 Å². The Hall–Kier alpha value is -3.54. The molecule has 3 rings (SSSR count). The van der Waals surface area contributed by atoms with Crippen molar-refractivity contribution in [2.45, 2.75) is 13.3 Å². The lowest BCUT2D eigenvalue weighted by Gasteiger charge is -2.21. The first kappa shape index (κ1) is 21.2. The number of nitrogens with one attached hydrogen (secondary N) is 2. The molecule has 0 spiro atoms. The van der Waals surface area contributed by atoms with E-state index < -0.39 is 5.97 Å². The van der Waals surface area contributed by atoms with E-state index in [9.17, 15) is 9.59 Å². The largest absolute Gasteiger partial charge is 0.465 e. The van der Waals surface area contributed by atoms with Crippen molar-refractivity contribution in [1.29, 1.82) is 0 Å². The third-order valence-corrected chi connectivity index (χ3v) is 4.74. The van der Waals surface area contributed by atoms with Gasteiger partial charge in [-0.2, -0.15) is 0 Å². The average Bonchev–Trinajstić information content (AvgIpc) is 3.18.